The van der Waals surface area contributed by atoms with Gasteiger partial charge < -0.3 is 10.5 Å². The number of hydrogen-bond donors (Lipinski definition) is 1. The molecule has 2 N–H and O–H groups in total. The molecule has 1 unspecified atom stereocenters. The average molecular weight is 274 g/mol. The zero-order valence-electron chi connectivity index (χ0n) is 10.8. The van der Waals surface area contributed by atoms with E-state index < -0.39 is 0 Å². The first-order valence-electron chi connectivity index (χ1n) is 6.43. The summed E-state index contributed by atoms with van der Waals surface area (Å²) in [6, 6.07) is 12.6. The van der Waals surface area contributed by atoms with Crippen LogP contribution in [0.3, 0.4) is 0 Å². The summed E-state index contributed by atoms with van der Waals surface area (Å²) in [5.74, 6) is 0.799. The molecule has 19 heavy (non-hydrogen) atoms. The maximum Gasteiger partial charge on any atom is 0.141 e. The number of ether oxygens (including phenoxy) is 1. The lowest BCUT2D eigenvalue weighted by Crippen LogP contribution is -2.24. The highest BCUT2D eigenvalue weighted by Gasteiger charge is 2.24. The molecule has 0 bridgehead atoms. The number of fused-ring (bicyclic) bond motifs is 1. The van der Waals surface area contributed by atoms with Gasteiger partial charge >= 0.3 is 0 Å². The van der Waals surface area contributed by atoms with Gasteiger partial charge in [0, 0.05) is 18.5 Å². The zero-order chi connectivity index (χ0) is 13.4. The van der Waals surface area contributed by atoms with Crippen molar-refractivity contribution in [3.8, 4) is 16.9 Å². The molecule has 0 amide bonds. The van der Waals surface area contributed by atoms with Crippen molar-refractivity contribution in [2.24, 2.45) is 5.73 Å². The molecule has 3 heteroatoms. The van der Waals surface area contributed by atoms with Gasteiger partial charge in [-0.3, -0.25) is 0 Å². The number of rotatable bonds is 2. The summed E-state index contributed by atoms with van der Waals surface area (Å²) in [4.78, 5) is 0. The SMILES string of the molecule is Cc1ccc(-c2cc(Cl)c3c(c2)CC(CN)O3)cc1. The molecule has 1 atom stereocenters. The number of nitrogens with two attached hydrogens (primary N) is 1. The summed E-state index contributed by atoms with van der Waals surface area (Å²) < 4.78 is 5.74. The topological polar surface area (TPSA) is 35.2 Å². The molecule has 0 radical (unpaired) electrons. The van der Waals surface area contributed by atoms with E-state index in [0.29, 0.717) is 11.6 Å². The second-order valence-corrected chi connectivity index (χ2v) is 5.40. The predicted octanol–water partition coefficient (Wildman–Crippen LogP) is 3.58. The van der Waals surface area contributed by atoms with E-state index in [1.165, 1.54) is 11.1 Å². The van der Waals surface area contributed by atoms with E-state index in [-0.39, 0.29) is 6.10 Å². The number of hydrogen-bond acceptors (Lipinski definition) is 2. The van der Waals surface area contributed by atoms with Crippen LogP contribution in [0.25, 0.3) is 11.1 Å². The van der Waals surface area contributed by atoms with E-state index in [0.717, 1.165) is 23.3 Å². The smallest absolute Gasteiger partial charge is 0.141 e. The Kier molecular flexibility index (Phi) is 3.21. The molecule has 0 saturated carbocycles. The molecule has 1 heterocycles. The zero-order valence-corrected chi connectivity index (χ0v) is 11.6. The van der Waals surface area contributed by atoms with Gasteiger partial charge in [-0.25, -0.2) is 0 Å². The number of halogens is 1. The first kappa shape index (κ1) is 12.5. The lowest BCUT2D eigenvalue weighted by Gasteiger charge is -2.08. The van der Waals surface area contributed by atoms with E-state index in [1.807, 2.05) is 6.07 Å². The molecule has 0 aliphatic carbocycles. The third-order valence-corrected chi connectivity index (χ3v) is 3.78. The van der Waals surface area contributed by atoms with E-state index in [9.17, 15) is 0 Å². The second-order valence-electron chi connectivity index (χ2n) is 4.99. The summed E-state index contributed by atoms with van der Waals surface area (Å²) in [7, 11) is 0. The highest BCUT2D eigenvalue weighted by atomic mass is 35.5. The van der Waals surface area contributed by atoms with Gasteiger partial charge in [0.1, 0.15) is 11.9 Å². The minimum absolute atomic E-state index is 0.0563. The molecule has 3 rings (SSSR count). The Morgan fingerprint density at radius 1 is 1.21 bits per heavy atom. The minimum Gasteiger partial charge on any atom is -0.487 e. The van der Waals surface area contributed by atoms with Crippen LogP contribution in [0.15, 0.2) is 36.4 Å². The van der Waals surface area contributed by atoms with Crippen LogP contribution in [-0.4, -0.2) is 12.6 Å². The van der Waals surface area contributed by atoms with Crippen LogP contribution < -0.4 is 10.5 Å². The number of benzene rings is 2. The quantitative estimate of drug-likeness (QED) is 0.908. The molecule has 0 aromatic heterocycles. The van der Waals surface area contributed by atoms with E-state index >= 15 is 0 Å². The van der Waals surface area contributed by atoms with Crippen LogP contribution >= 0.6 is 11.6 Å². The third-order valence-electron chi connectivity index (χ3n) is 3.50. The third kappa shape index (κ3) is 2.34. The Morgan fingerprint density at radius 3 is 2.63 bits per heavy atom. The second kappa shape index (κ2) is 4.87. The standard InChI is InChI=1S/C16H16ClNO/c1-10-2-4-11(5-3-10)12-6-13-7-14(9-18)19-16(13)15(17)8-12/h2-6,8,14H,7,9,18H2,1H3. The van der Waals surface area contributed by atoms with Gasteiger partial charge in [-0.1, -0.05) is 41.4 Å². The van der Waals surface area contributed by atoms with Gasteiger partial charge in [-0.2, -0.15) is 0 Å². The summed E-state index contributed by atoms with van der Waals surface area (Å²) >= 11 is 6.31. The fourth-order valence-corrected chi connectivity index (χ4v) is 2.72. The molecule has 1 aliphatic rings. The van der Waals surface area contributed by atoms with Crippen LogP contribution in [0.1, 0.15) is 11.1 Å². The van der Waals surface area contributed by atoms with Crippen molar-refractivity contribution in [2.75, 3.05) is 6.54 Å². The predicted molar refractivity (Wildman–Crippen MR) is 78.8 cm³/mol. The lowest BCUT2D eigenvalue weighted by atomic mass is 10.00. The summed E-state index contributed by atoms with van der Waals surface area (Å²) in [6.07, 6.45) is 0.895. The molecular formula is C16H16ClNO. The Hall–Kier alpha value is -1.51. The molecule has 0 spiro atoms. The van der Waals surface area contributed by atoms with Gasteiger partial charge in [-0.15, -0.1) is 0 Å². The van der Waals surface area contributed by atoms with Crippen molar-refractivity contribution in [3.63, 3.8) is 0 Å². The first-order chi connectivity index (χ1) is 9.17. The molecule has 98 valence electrons. The van der Waals surface area contributed by atoms with E-state index in [1.54, 1.807) is 0 Å². The average Bonchev–Trinajstić information content (AvgIpc) is 2.83. The Bertz CT molecular complexity index is 607. The maximum atomic E-state index is 6.31. The largest absolute Gasteiger partial charge is 0.487 e. The van der Waals surface area contributed by atoms with E-state index in [2.05, 4.69) is 37.3 Å². The van der Waals surface area contributed by atoms with Crippen LogP contribution in [0.4, 0.5) is 0 Å². The van der Waals surface area contributed by atoms with Crippen molar-refractivity contribution in [1.82, 2.24) is 0 Å². The number of aryl methyl sites for hydroxylation is 1. The molecule has 2 nitrogen and oxygen atoms in total. The monoisotopic (exact) mass is 273 g/mol. The Morgan fingerprint density at radius 2 is 1.95 bits per heavy atom. The van der Waals surface area contributed by atoms with Gasteiger partial charge in [-0.05, 0) is 30.2 Å². The molecular weight excluding hydrogens is 258 g/mol. The minimum atomic E-state index is 0.0563. The van der Waals surface area contributed by atoms with Gasteiger partial charge in [0.05, 0.1) is 5.02 Å². The molecule has 2 aromatic carbocycles. The van der Waals surface area contributed by atoms with Crippen molar-refractivity contribution in [2.45, 2.75) is 19.4 Å². The van der Waals surface area contributed by atoms with Crippen molar-refractivity contribution in [3.05, 3.63) is 52.5 Å². The van der Waals surface area contributed by atoms with Crippen molar-refractivity contribution in [1.29, 1.82) is 0 Å². The normalized spacial score (nSPS) is 17.1. The Labute approximate surface area is 118 Å². The molecule has 2 aromatic rings. The molecule has 0 fully saturated rings. The van der Waals surface area contributed by atoms with Gasteiger partial charge in [0.15, 0.2) is 0 Å². The summed E-state index contributed by atoms with van der Waals surface area (Å²) in [6.45, 7) is 2.60. The van der Waals surface area contributed by atoms with Gasteiger partial charge in [0.2, 0.25) is 0 Å². The summed E-state index contributed by atoms with van der Waals surface area (Å²) in [5, 5.41) is 0.670. The van der Waals surface area contributed by atoms with Crippen molar-refractivity contribution < 1.29 is 4.74 Å². The van der Waals surface area contributed by atoms with Crippen LogP contribution in [0.5, 0.6) is 5.75 Å². The molecule has 0 saturated heterocycles. The first-order valence-corrected chi connectivity index (χ1v) is 6.81. The fourth-order valence-electron chi connectivity index (χ4n) is 2.43. The van der Waals surface area contributed by atoms with Gasteiger partial charge in [0.25, 0.3) is 0 Å². The highest BCUT2D eigenvalue weighted by molar-refractivity contribution is 6.32. The molecule has 1 aliphatic heterocycles. The van der Waals surface area contributed by atoms with Crippen LogP contribution in [0, 0.1) is 6.92 Å². The highest BCUT2D eigenvalue weighted by Crippen LogP contribution is 2.39. The lowest BCUT2D eigenvalue weighted by molar-refractivity contribution is 0.241. The summed E-state index contributed by atoms with van der Waals surface area (Å²) in [5.41, 5.74) is 10.4. The maximum absolute atomic E-state index is 6.31. The van der Waals surface area contributed by atoms with Crippen LogP contribution in [-0.2, 0) is 6.42 Å². The Balaban J connectivity index is 2.02. The van der Waals surface area contributed by atoms with Crippen molar-refractivity contribution >= 4 is 11.6 Å². The van der Waals surface area contributed by atoms with E-state index in [4.69, 9.17) is 22.1 Å². The fraction of sp³-hybridized carbons (Fsp3) is 0.250. The van der Waals surface area contributed by atoms with Crippen LogP contribution in [0.2, 0.25) is 5.02 Å².